The van der Waals surface area contributed by atoms with E-state index in [1.165, 1.54) is 12.8 Å². The number of esters is 1. The second-order valence-corrected chi connectivity index (χ2v) is 6.97. The Hall–Kier alpha value is -2.70. The van der Waals surface area contributed by atoms with Gasteiger partial charge in [0.15, 0.2) is 6.61 Å². The highest BCUT2D eigenvalue weighted by Gasteiger charge is 2.26. The summed E-state index contributed by atoms with van der Waals surface area (Å²) in [5.41, 5.74) is 0.365. The van der Waals surface area contributed by atoms with Crippen LogP contribution in [0.5, 0.6) is 0 Å². The molecule has 27 heavy (non-hydrogen) atoms. The minimum atomic E-state index is -0.470. The largest absolute Gasteiger partial charge is 0.456 e. The Labute approximate surface area is 157 Å². The first-order chi connectivity index (χ1) is 13.1. The van der Waals surface area contributed by atoms with Gasteiger partial charge in [-0.3, -0.25) is 14.4 Å². The van der Waals surface area contributed by atoms with Crippen molar-refractivity contribution in [2.45, 2.75) is 39.0 Å². The fourth-order valence-corrected chi connectivity index (χ4v) is 2.98. The Morgan fingerprint density at radius 3 is 2.81 bits per heavy atom. The van der Waals surface area contributed by atoms with Crippen molar-refractivity contribution in [1.82, 2.24) is 14.9 Å². The van der Waals surface area contributed by atoms with Crippen molar-refractivity contribution in [3.63, 3.8) is 0 Å². The number of fused-ring (bicyclic) bond motifs is 1. The maximum atomic E-state index is 12.3. The fraction of sp³-hybridized carbons (Fsp3) is 0.500. The normalized spacial score (nSPS) is 13.5. The molecule has 144 valence electrons. The van der Waals surface area contributed by atoms with Crippen molar-refractivity contribution < 1.29 is 14.3 Å². The molecular formula is C20H25N3O4. The molecule has 0 atom stereocenters. The van der Waals surface area contributed by atoms with Crippen LogP contribution in [0.2, 0.25) is 0 Å². The quantitative estimate of drug-likeness (QED) is 0.681. The standard InChI is InChI=1S/C20H25N3O4/c1-2-11-23(12-14-7-8-14)18(24)13-27-19(25)10-9-17-21-16-6-4-3-5-15(16)20(26)22-17/h3-6,14H,2,7-13H2,1H3,(H,21,22,26). The van der Waals surface area contributed by atoms with Gasteiger partial charge in [-0.2, -0.15) is 0 Å². The molecule has 1 aromatic heterocycles. The number of ether oxygens (including phenoxy) is 1. The van der Waals surface area contributed by atoms with E-state index in [0.717, 1.165) is 13.0 Å². The summed E-state index contributed by atoms with van der Waals surface area (Å²) in [6.07, 6.45) is 3.54. The molecule has 1 fully saturated rings. The molecule has 7 nitrogen and oxygen atoms in total. The number of nitrogens with zero attached hydrogens (tertiary/aromatic N) is 2. The number of hydrogen-bond acceptors (Lipinski definition) is 5. The molecule has 0 bridgehead atoms. The second-order valence-electron chi connectivity index (χ2n) is 6.97. The zero-order valence-electron chi connectivity index (χ0n) is 15.6. The summed E-state index contributed by atoms with van der Waals surface area (Å²) in [7, 11) is 0. The molecule has 1 amide bonds. The molecule has 1 heterocycles. The number of carbonyl (C=O) groups is 2. The van der Waals surface area contributed by atoms with Gasteiger partial charge in [0.1, 0.15) is 5.82 Å². The lowest BCUT2D eigenvalue weighted by Gasteiger charge is -2.21. The molecule has 0 spiro atoms. The first-order valence-corrected chi connectivity index (χ1v) is 9.48. The van der Waals surface area contributed by atoms with E-state index in [2.05, 4.69) is 9.97 Å². The Morgan fingerprint density at radius 2 is 2.07 bits per heavy atom. The van der Waals surface area contributed by atoms with Crippen LogP contribution >= 0.6 is 0 Å². The SMILES string of the molecule is CCCN(CC1CC1)C(=O)COC(=O)CCc1nc2ccccc2c(=O)[nH]1. The monoisotopic (exact) mass is 371 g/mol. The third kappa shape index (κ3) is 5.39. The number of aromatic nitrogens is 2. The Morgan fingerprint density at radius 1 is 1.30 bits per heavy atom. The number of para-hydroxylation sites is 1. The summed E-state index contributed by atoms with van der Waals surface area (Å²) < 4.78 is 5.12. The maximum Gasteiger partial charge on any atom is 0.306 e. The molecule has 1 aliphatic carbocycles. The Kier molecular flexibility index (Phi) is 6.21. The van der Waals surface area contributed by atoms with Gasteiger partial charge < -0.3 is 14.6 Å². The van der Waals surface area contributed by atoms with Crippen molar-refractivity contribution >= 4 is 22.8 Å². The van der Waals surface area contributed by atoms with E-state index in [0.29, 0.717) is 29.2 Å². The van der Waals surface area contributed by atoms with Gasteiger partial charge in [-0.1, -0.05) is 19.1 Å². The summed E-state index contributed by atoms with van der Waals surface area (Å²) in [6.45, 7) is 3.24. The Bertz CT molecular complexity index is 873. The lowest BCUT2D eigenvalue weighted by molar-refractivity contribution is -0.152. The molecule has 2 aromatic rings. The molecule has 1 saturated carbocycles. The van der Waals surface area contributed by atoms with Crippen LogP contribution in [0.1, 0.15) is 38.4 Å². The van der Waals surface area contributed by atoms with E-state index in [-0.39, 0.29) is 30.9 Å². The highest BCUT2D eigenvalue weighted by molar-refractivity contribution is 5.81. The minimum Gasteiger partial charge on any atom is -0.456 e. The van der Waals surface area contributed by atoms with E-state index < -0.39 is 5.97 Å². The van der Waals surface area contributed by atoms with Crippen LogP contribution in [-0.2, 0) is 20.7 Å². The summed E-state index contributed by atoms with van der Waals surface area (Å²) in [5.74, 6) is 0.423. The molecule has 7 heteroatoms. The van der Waals surface area contributed by atoms with Crippen molar-refractivity contribution in [3.05, 3.63) is 40.4 Å². The van der Waals surface area contributed by atoms with Crippen LogP contribution in [0.3, 0.4) is 0 Å². The Balaban J connectivity index is 1.49. The highest BCUT2D eigenvalue weighted by atomic mass is 16.5. The summed E-state index contributed by atoms with van der Waals surface area (Å²) in [5, 5.41) is 0.515. The number of amides is 1. The van der Waals surface area contributed by atoms with Gasteiger partial charge in [-0.05, 0) is 37.3 Å². The number of carbonyl (C=O) groups excluding carboxylic acids is 2. The minimum absolute atomic E-state index is 0.0605. The number of aromatic amines is 1. The molecule has 1 aromatic carbocycles. The summed E-state index contributed by atoms with van der Waals surface area (Å²) >= 11 is 0. The summed E-state index contributed by atoms with van der Waals surface area (Å²) in [6, 6.07) is 7.04. The smallest absolute Gasteiger partial charge is 0.306 e. The van der Waals surface area contributed by atoms with Crippen LogP contribution in [-0.4, -0.2) is 46.4 Å². The average Bonchev–Trinajstić information content (AvgIpc) is 3.48. The van der Waals surface area contributed by atoms with Crippen LogP contribution in [0.4, 0.5) is 0 Å². The predicted octanol–water partition coefficient (Wildman–Crippen LogP) is 2.05. The van der Waals surface area contributed by atoms with Crippen molar-refractivity contribution in [3.8, 4) is 0 Å². The van der Waals surface area contributed by atoms with Crippen LogP contribution in [0, 0.1) is 5.92 Å². The van der Waals surface area contributed by atoms with Crippen LogP contribution in [0.15, 0.2) is 29.1 Å². The van der Waals surface area contributed by atoms with Gasteiger partial charge in [0.2, 0.25) is 0 Å². The first kappa shape index (κ1) is 19.1. The van der Waals surface area contributed by atoms with E-state index in [1.54, 1.807) is 23.1 Å². The predicted molar refractivity (Wildman–Crippen MR) is 101 cm³/mol. The highest BCUT2D eigenvalue weighted by Crippen LogP contribution is 2.29. The van der Waals surface area contributed by atoms with E-state index >= 15 is 0 Å². The second kappa shape index (κ2) is 8.79. The van der Waals surface area contributed by atoms with Gasteiger partial charge in [0.05, 0.1) is 17.3 Å². The first-order valence-electron chi connectivity index (χ1n) is 9.48. The molecule has 0 aliphatic heterocycles. The average molecular weight is 371 g/mol. The van der Waals surface area contributed by atoms with E-state index in [4.69, 9.17) is 4.74 Å². The molecule has 0 unspecified atom stereocenters. The third-order valence-corrected chi connectivity index (χ3v) is 4.61. The molecule has 1 N–H and O–H groups in total. The zero-order valence-corrected chi connectivity index (χ0v) is 15.6. The zero-order chi connectivity index (χ0) is 19.2. The van der Waals surface area contributed by atoms with Gasteiger partial charge >= 0.3 is 5.97 Å². The number of H-pyrrole nitrogens is 1. The number of hydrogen-bond donors (Lipinski definition) is 1. The number of nitrogens with one attached hydrogen (secondary N) is 1. The number of rotatable bonds is 9. The van der Waals surface area contributed by atoms with Gasteiger partial charge in [-0.25, -0.2) is 4.98 Å². The van der Waals surface area contributed by atoms with E-state index in [9.17, 15) is 14.4 Å². The van der Waals surface area contributed by atoms with Gasteiger partial charge in [-0.15, -0.1) is 0 Å². The maximum absolute atomic E-state index is 12.3. The molecule has 3 rings (SSSR count). The van der Waals surface area contributed by atoms with E-state index in [1.807, 2.05) is 13.0 Å². The lowest BCUT2D eigenvalue weighted by Crippen LogP contribution is -2.36. The van der Waals surface area contributed by atoms with Crippen molar-refractivity contribution in [2.24, 2.45) is 5.92 Å². The van der Waals surface area contributed by atoms with Gasteiger partial charge in [0, 0.05) is 19.5 Å². The lowest BCUT2D eigenvalue weighted by atomic mass is 10.2. The van der Waals surface area contributed by atoms with Crippen LogP contribution in [0.25, 0.3) is 10.9 Å². The molecule has 0 saturated heterocycles. The summed E-state index contributed by atoms with van der Waals surface area (Å²) in [4.78, 5) is 45.1. The topological polar surface area (TPSA) is 92.4 Å². The molecular weight excluding hydrogens is 346 g/mol. The van der Waals surface area contributed by atoms with Crippen LogP contribution < -0.4 is 5.56 Å². The molecule has 1 aliphatic rings. The number of benzene rings is 1. The number of aryl methyl sites for hydroxylation is 1. The van der Waals surface area contributed by atoms with Crippen molar-refractivity contribution in [1.29, 1.82) is 0 Å². The van der Waals surface area contributed by atoms with Gasteiger partial charge in [0.25, 0.3) is 11.5 Å². The third-order valence-electron chi connectivity index (χ3n) is 4.61. The molecule has 0 radical (unpaired) electrons. The van der Waals surface area contributed by atoms with Crippen molar-refractivity contribution in [2.75, 3.05) is 19.7 Å². The fourth-order valence-electron chi connectivity index (χ4n) is 2.98.